The van der Waals surface area contributed by atoms with Crippen molar-refractivity contribution in [3.63, 3.8) is 0 Å². The van der Waals surface area contributed by atoms with Gasteiger partial charge in [-0.2, -0.15) is 5.26 Å². The lowest BCUT2D eigenvalue weighted by Gasteiger charge is -2.15. The molecule has 1 aromatic rings. The zero-order valence-electron chi connectivity index (χ0n) is 10.9. The maximum atomic E-state index is 9.13. The van der Waals surface area contributed by atoms with Gasteiger partial charge in [-0.15, -0.1) is 0 Å². The molecular weight excluding hydrogens is 210 g/mol. The number of hydrogen-bond acceptors (Lipinski definition) is 3. The Morgan fingerprint density at radius 2 is 1.94 bits per heavy atom. The predicted molar refractivity (Wildman–Crippen MR) is 72.0 cm³/mol. The number of unbranched alkanes of at least 4 members (excludes halogenated alkanes) is 1. The number of nitrogens with one attached hydrogen (secondary N) is 1. The summed E-state index contributed by atoms with van der Waals surface area (Å²) in [6.07, 6.45) is 2.25. The smallest absolute Gasteiger partial charge is 0.121 e. The van der Waals surface area contributed by atoms with Crippen LogP contribution in [0.15, 0.2) is 24.3 Å². The zero-order valence-corrected chi connectivity index (χ0v) is 10.9. The average Bonchev–Trinajstić information content (AvgIpc) is 2.35. The topological polar surface area (TPSA) is 39.1 Å². The van der Waals surface area contributed by atoms with Gasteiger partial charge in [-0.25, -0.2) is 0 Å². The van der Waals surface area contributed by atoms with Crippen molar-refractivity contribution >= 4 is 5.69 Å². The van der Waals surface area contributed by atoms with Crippen LogP contribution in [0.1, 0.15) is 31.4 Å². The van der Waals surface area contributed by atoms with Crippen LogP contribution in [0.2, 0.25) is 0 Å². The minimum absolute atomic E-state index is 0.197. The molecule has 0 saturated heterocycles. The molecule has 0 aliphatic rings. The Morgan fingerprint density at radius 3 is 2.41 bits per heavy atom. The van der Waals surface area contributed by atoms with Crippen molar-refractivity contribution < 1.29 is 0 Å². The van der Waals surface area contributed by atoms with Crippen molar-refractivity contribution in [3.8, 4) is 6.07 Å². The number of hydrogen-bond donors (Lipinski definition) is 1. The van der Waals surface area contributed by atoms with Crippen LogP contribution >= 0.6 is 0 Å². The van der Waals surface area contributed by atoms with Crippen molar-refractivity contribution in [1.29, 1.82) is 5.26 Å². The van der Waals surface area contributed by atoms with Crippen molar-refractivity contribution in [2.45, 2.75) is 25.8 Å². The Morgan fingerprint density at radius 1 is 1.29 bits per heavy atom. The molecule has 17 heavy (non-hydrogen) atoms. The largest absolute Gasteiger partial charge is 0.378 e. The highest BCUT2D eigenvalue weighted by molar-refractivity contribution is 5.47. The van der Waals surface area contributed by atoms with Crippen LogP contribution in [0.3, 0.4) is 0 Å². The zero-order chi connectivity index (χ0) is 12.7. The first kappa shape index (κ1) is 13.5. The molecule has 1 atom stereocenters. The summed E-state index contributed by atoms with van der Waals surface area (Å²) in [5, 5.41) is 12.4. The minimum Gasteiger partial charge on any atom is -0.378 e. The summed E-state index contributed by atoms with van der Waals surface area (Å²) in [4.78, 5) is 2.05. The summed E-state index contributed by atoms with van der Waals surface area (Å²) in [6, 6.07) is 10.2. The lowest BCUT2D eigenvalue weighted by atomic mass is 10.1. The van der Waals surface area contributed by atoms with Crippen LogP contribution < -0.4 is 10.2 Å². The lowest BCUT2D eigenvalue weighted by molar-refractivity contribution is 0.598. The van der Waals surface area contributed by atoms with E-state index in [9.17, 15) is 0 Å². The maximum Gasteiger partial charge on any atom is 0.121 e. The quantitative estimate of drug-likeness (QED) is 0.765. The standard InChI is InChI=1S/C14H21N3/c1-4-5-10-16-14(11-15)12-6-8-13(9-7-12)17(2)3/h6-9,14,16H,4-5,10H2,1-3H3. The normalized spacial score (nSPS) is 11.9. The fourth-order valence-electron chi connectivity index (χ4n) is 1.63. The molecule has 3 heteroatoms. The summed E-state index contributed by atoms with van der Waals surface area (Å²) < 4.78 is 0. The molecule has 0 aliphatic heterocycles. The number of rotatable bonds is 6. The molecule has 0 spiro atoms. The van der Waals surface area contributed by atoms with E-state index in [2.05, 4.69) is 23.2 Å². The van der Waals surface area contributed by atoms with E-state index in [1.54, 1.807) is 0 Å². The van der Waals surface area contributed by atoms with Gasteiger partial charge in [0.25, 0.3) is 0 Å². The summed E-state index contributed by atoms with van der Waals surface area (Å²) in [5.41, 5.74) is 2.19. The molecule has 1 N–H and O–H groups in total. The van der Waals surface area contributed by atoms with Crippen molar-refractivity contribution in [2.75, 3.05) is 25.5 Å². The Hall–Kier alpha value is -1.53. The molecule has 0 aliphatic carbocycles. The van der Waals surface area contributed by atoms with Crippen LogP contribution in [0.5, 0.6) is 0 Å². The van der Waals surface area contributed by atoms with E-state index in [4.69, 9.17) is 5.26 Å². The fraction of sp³-hybridized carbons (Fsp3) is 0.500. The Labute approximate surface area is 104 Å². The molecule has 0 saturated carbocycles. The fourth-order valence-corrected chi connectivity index (χ4v) is 1.63. The van der Waals surface area contributed by atoms with Gasteiger partial charge >= 0.3 is 0 Å². The maximum absolute atomic E-state index is 9.13. The number of nitrogens with zero attached hydrogens (tertiary/aromatic N) is 2. The van der Waals surface area contributed by atoms with Crippen LogP contribution in [0.25, 0.3) is 0 Å². The Bertz CT molecular complexity index is 362. The monoisotopic (exact) mass is 231 g/mol. The number of nitriles is 1. The highest BCUT2D eigenvalue weighted by Gasteiger charge is 2.08. The molecule has 0 radical (unpaired) electrons. The van der Waals surface area contributed by atoms with Gasteiger partial charge in [0.05, 0.1) is 6.07 Å². The molecule has 3 nitrogen and oxygen atoms in total. The van der Waals surface area contributed by atoms with Gasteiger partial charge < -0.3 is 4.90 Å². The van der Waals surface area contributed by atoms with E-state index in [1.807, 2.05) is 38.4 Å². The van der Waals surface area contributed by atoms with Crippen LogP contribution in [-0.4, -0.2) is 20.6 Å². The molecule has 0 amide bonds. The van der Waals surface area contributed by atoms with E-state index in [1.165, 1.54) is 0 Å². The lowest BCUT2D eigenvalue weighted by Crippen LogP contribution is -2.21. The van der Waals surface area contributed by atoms with Crippen molar-refractivity contribution in [1.82, 2.24) is 5.32 Å². The van der Waals surface area contributed by atoms with Gasteiger partial charge in [0, 0.05) is 19.8 Å². The molecule has 1 unspecified atom stereocenters. The first-order chi connectivity index (χ1) is 8.19. The Balaban J connectivity index is 2.66. The second-order valence-electron chi connectivity index (χ2n) is 4.36. The Kier molecular flexibility index (Phi) is 5.51. The van der Waals surface area contributed by atoms with Gasteiger partial charge in [0.2, 0.25) is 0 Å². The minimum atomic E-state index is -0.197. The average molecular weight is 231 g/mol. The first-order valence-electron chi connectivity index (χ1n) is 6.09. The van der Waals surface area contributed by atoms with E-state index in [0.29, 0.717) is 0 Å². The summed E-state index contributed by atoms with van der Waals surface area (Å²) in [5.74, 6) is 0. The second-order valence-corrected chi connectivity index (χ2v) is 4.36. The van der Waals surface area contributed by atoms with Gasteiger partial charge in [-0.3, -0.25) is 5.32 Å². The molecule has 1 aromatic carbocycles. The molecule has 0 fully saturated rings. The van der Waals surface area contributed by atoms with Crippen molar-refractivity contribution in [3.05, 3.63) is 29.8 Å². The second kappa shape index (κ2) is 6.93. The third-order valence-corrected chi connectivity index (χ3v) is 2.75. The highest BCUT2D eigenvalue weighted by atomic mass is 15.1. The first-order valence-corrected chi connectivity index (χ1v) is 6.09. The molecule has 1 rings (SSSR count). The van der Waals surface area contributed by atoms with E-state index >= 15 is 0 Å². The van der Waals surface area contributed by atoms with Gasteiger partial charge in [-0.05, 0) is 30.7 Å². The van der Waals surface area contributed by atoms with Crippen molar-refractivity contribution in [2.24, 2.45) is 0 Å². The number of anilines is 1. The predicted octanol–water partition coefficient (Wildman–Crippen LogP) is 2.71. The van der Waals surface area contributed by atoms with Crippen LogP contribution in [0.4, 0.5) is 5.69 Å². The number of benzene rings is 1. The molecule has 0 bridgehead atoms. The summed E-state index contributed by atoms with van der Waals surface area (Å²) in [6.45, 7) is 3.04. The molecule has 92 valence electrons. The van der Waals surface area contributed by atoms with Crippen LogP contribution in [0, 0.1) is 11.3 Å². The molecule has 0 heterocycles. The summed E-state index contributed by atoms with van der Waals surface area (Å²) >= 11 is 0. The van der Waals surface area contributed by atoms with Gasteiger partial charge in [-0.1, -0.05) is 25.5 Å². The third kappa shape index (κ3) is 4.08. The van der Waals surface area contributed by atoms with Crippen LogP contribution in [-0.2, 0) is 0 Å². The highest BCUT2D eigenvalue weighted by Crippen LogP contribution is 2.17. The van der Waals surface area contributed by atoms with E-state index < -0.39 is 0 Å². The summed E-state index contributed by atoms with van der Waals surface area (Å²) in [7, 11) is 4.02. The van der Waals surface area contributed by atoms with E-state index in [0.717, 1.165) is 30.6 Å². The molecular formula is C14H21N3. The van der Waals surface area contributed by atoms with Gasteiger partial charge in [0.1, 0.15) is 6.04 Å². The SMILES string of the molecule is CCCCNC(C#N)c1ccc(N(C)C)cc1. The van der Waals surface area contributed by atoms with Gasteiger partial charge in [0.15, 0.2) is 0 Å². The van der Waals surface area contributed by atoms with E-state index in [-0.39, 0.29) is 6.04 Å². The molecule has 0 aromatic heterocycles. The third-order valence-electron chi connectivity index (χ3n) is 2.75.